The van der Waals surface area contributed by atoms with Gasteiger partial charge in [0.25, 0.3) is 0 Å². The smallest absolute Gasteiger partial charge is 0.509 e. The Bertz CT molecular complexity index is 2190. The van der Waals surface area contributed by atoms with E-state index < -0.39 is 6.85 Å². The first kappa shape index (κ1) is 24.2. The molecule has 5 nitrogen and oxygen atoms in total. The minimum Gasteiger partial charge on any atom is -0.509 e. The van der Waals surface area contributed by atoms with Gasteiger partial charge in [0.1, 0.15) is 5.82 Å². The van der Waals surface area contributed by atoms with Gasteiger partial charge in [-0.15, -0.1) is 35.7 Å². The maximum atomic E-state index is 7.94. The molecule has 6 heteroatoms. The molecule has 0 N–H and O–H groups in total. The van der Waals surface area contributed by atoms with E-state index in [2.05, 4.69) is 36.2 Å². The summed E-state index contributed by atoms with van der Waals surface area (Å²) in [5, 5.41) is 6.49. The van der Waals surface area contributed by atoms with Crippen molar-refractivity contribution < 1.29 is 29.9 Å². The molecule has 0 unspecified atom stereocenters. The maximum absolute atomic E-state index is 7.94. The van der Waals surface area contributed by atoms with Crippen molar-refractivity contribution >= 4 is 21.8 Å². The summed E-state index contributed by atoms with van der Waals surface area (Å²) in [4.78, 5) is 4.63. The quantitative estimate of drug-likeness (QED) is 0.167. The number of hydrogen-bond acceptors (Lipinski definition) is 3. The van der Waals surface area contributed by atoms with Crippen LogP contribution in [0.15, 0.2) is 97.2 Å². The van der Waals surface area contributed by atoms with Crippen LogP contribution < -0.4 is 4.74 Å². The van der Waals surface area contributed by atoms with E-state index in [4.69, 9.17) is 13.9 Å². The molecule has 0 aliphatic rings. The summed E-state index contributed by atoms with van der Waals surface area (Å²) in [6.07, 6.45) is 1.77. The Kier molecular flexibility index (Phi) is 6.37. The molecule has 0 bridgehead atoms. The maximum Gasteiger partial charge on any atom is 2.00 e. The zero-order valence-electron chi connectivity index (χ0n) is 26.3. The fraction of sp³-hybridized carbons (Fsp3) is 0.111. The van der Waals surface area contributed by atoms with Gasteiger partial charge >= 0.3 is 21.1 Å². The fourth-order valence-corrected chi connectivity index (χ4v) is 5.50. The topological polar surface area (TPSA) is 44.9 Å². The van der Waals surface area contributed by atoms with Crippen LogP contribution >= 0.6 is 0 Å². The minimum absolute atomic E-state index is 0. The Morgan fingerprint density at radius 1 is 0.786 bits per heavy atom. The van der Waals surface area contributed by atoms with E-state index in [1.54, 1.807) is 18.3 Å². The average molecular weight is 731 g/mol. The molecule has 7 aromatic rings. The number of fused-ring (bicyclic) bond motifs is 3. The van der Waals surface area contributed by atoms with Gasteiger partial charge in [-0.1, -0.05) is 53.5 Å². The number of benzene rings is 4. The van der Waals surface area contributed by atoms with E-state index in [9.17, 15) is 0 Å². The number of rotatable bonds is 5. The summed E-state index contributed by atoms with van der Waals surface area (Å²) in [5.74, 6) is 1.73. The minimum atomic E-state index is -2.22. The number of aryl methyl sites for hydroxylation is 3. The van der Waals surface area contributed by atoms with Gasteiger partial charge in [0, 0.05) is 38.6 Å². The molecule has 0 fully saturated rings. The monoisotopic (exact) mass is 730 g/mol. The van der Waals surface area contributed by atoms with Crippen molar-refractivity contribution in [3.8, 4) is 34.1 Å². The predicted molar refractivity (Wildman–Crippen MR) is 164 cm³/mol. The van der Waals surface area contributed by atoms with Crippen LogP contribution in [0.25, 0.3) is 44.4 Å². The van der Waals surface area contributed by atoms with Gasteiger partial charge in [-0.2, -0.15) is 17.2 Å². The van der Waals surface area contributed by atoms with Crippen molar-refractivity contribution in [1.29, 1.82) is 0 Å². The number of hydrogen-bond donors (Lipinski definition) is 0. The van der Waals surface area contributed by atoms with Crippen molar-refractivity contribution in [2.45, 2.75) is 27.6 Å². The second-order valence-corrected chi connectivity index (χ2v) is 10.2. The first-order chi connectivity index (χ1) is 21.2. The third kappa shape index (κ3) is 4.84. The van der Waals surface area contributed by atoms with Gasteiger partial charge < -0.3 is 9.30 Å². The van der Waals surface area contributed by atoms with Crippen molar-refractivity contribution in [2.75, 3.05) is 0 Å². The first-order valence-corrected chi connectivity index (χ1v) is 13.4. The molecule has 7 rings (SSSR count). The largest absolute Gasteiger partial charge is 2.00 e. The van der Waals surface area contributed by atoms with Crippen molar-refractivity contribution in [2.24, 2.45) is 0 Å². The van der Waals surface area contributed by atoms with Crippen LogP contribution in [0.3, 0.4) is 0 Å². The van der Waals surface area contributed by atoms with Gasteiger partial charge in [-0.05, 0) is 68.0 Å². The molecule has 0 aliphatic carbocycles. The van der Waals surface area contributed by atoms with Crippen LogP contribution in [0.4, 0.5) is 0 Å². The molecule has 0 spiro atoms. The van der Waals surface area contributed by atoms with Crippen LogP contribution in [0.2, 0.25) is 0 Å². The predicted octanol–water partition coefficient (Wildman–Crippen LogP) is 8.66. The first-order valence-electron chi connectivity index (χ1n) is 14.9. The van der Waals surface area contributed by atoms with Crippen LogP contribution in [-0.4, -0.2) is 19.3 Å². The van der Waals surface area contributed by atoms with Crippen LogP contribution in [-0.2, 0) is 21.1 Å². The van der Waals surface area contributed by atoms with Crippen molar-refractivity contribution in [3.63, 3.8) is 0 Å². The third-order valence-electron chi connectivity index (χ3n) is 7.33. The number of aromatic nitrogens is 4. The summed E-state index contributed by atoms with van der Waals surface area (Å²) in [6.45, 7) is 3.87. The molecule has 42 heavy (non-hydrogen) atoms. The van der Waals surface area contributed by atoms with Crippen LogP contribution in [0.1, 0.15) is 26.6 Å². The molecule has 0 atom stereocenters. The molecule has 0 saturated carbocycles. The van der Waals surface area contributed by atoms with E-state index in [-0.39, 0.29) is 26.6 Å². The fourth-order valence-electron chi connectivity index (χ4n) is 5.50. The van der Waals surface area contributed by atoms with Gasteiger partial charge in [0.15, 0.2) is 0 Å². The summed E-state index contributed by atoms with van der Waals surface area (Å²) in [5.41, 5.74) is 7.86. The van der Waals surface area contributed by atoms with Crippen LogP contribution in [0.5, 0.6) is 11.5 Å². The van der Waals surface area contributed by atoms with Gasteiger partial charge in [0.05, 0.1) is 5.69 Å². The molecule has 208 valence electrons. The zero-order valence-corrected chi connectivity index (χ0v) is 25.5. The second-order valence-electron chi connectivity index (χ2n) is 10.2. The summed E-state index contributed by atoms with van der Waals surface area (Å²) >= 11 is 0. The Morgan fingerprint density at radius 2 is 1.62 bits per heavy atom. The molecule has 0 amide bonds. The van der Waals surface area contributed by atoms with Crippen molar-refractivity contribution in [1.82, 2.24) is 19.3 Å². The number of ether oxygens (including phenoxy) is 1. The molecule has 3 aromatic heterocycles. The molecular weight excluding hydrogens is 700 g/mol. The Balaban J connectivity index is 0.00000357. The average Bonchev–Trinajstić information content (AvgIpc) is 3.49. The van der Waals surface area contributed by atoms with E-state index >= 15 is 0 Å². The zero-order chi connectivity index (χ0) is 30.6. The summed E-state index contributed by atoms with van der Waals surface area (Å²) in [7, 11) is 0. The van der Waals surface area contributed by atoms with Crippen LogP contribution in [0, 0.1) is 39.8 Å². The number of nitrogens with zero attached hydrogens (tertiary/aromatic N) is 4. The third-order valence-corrected chi connectivity index (χ3v) is 7.33. The normalized spacial score (nSPS) is 12.5. The molecule has 4 aromatic carbocycles. The Morgan fingerprint density at radius 3 is 2.43 bits per heavy atom. The summed E-state index contributed by atoms with van der Waals surface area (Å²) in [6, 6.07) is 35.7. The van der Waals surface area contributed by atoms with Gasteiger partial charge in [-0.3, -0.25) is 4.68 Å². The van der Waals surface area contributed by atoms with Gasteiger partial charge in [-0.25, -0.2) is 4.98 Å². The molecule has 0 radical (unpaired) electrons. The van der Waals surface area contributed by atoms with E-state index in [0.717, 1.165) is 55.6 Å². The van der Waals surface area contributed by atoms with Crippen molar-refractivity contribution in [3.05, 3.63) is 132 Å². The van der Waals surface area contributed by atoms with Gasteiger partial charge in [0.2, 0.25) is 0 Å². The Labute approximate surface area is 263 Å². The summed E-state index contributed by atoms with van der Waals surface area (Å²) < 4.78 is 34.0. The molecule has 0 saturated heterocycles. The molecular formula is C36H28N4OPt. The standard InChI is InChI=1S/C36H28N4O.Pt/c1-23-13-16-33-32(19-23)31-15-14-30(22-34(31)39(33)35-20-24(2)17-18-37-35)41-29-12-8-11-28(21-29)40-26(4)36(25(3)38-40)27-9-6-5-7-10-27;/h5-20H,1-4H3;/q-2;+2/i1D3;. The SMILES string of the molecule is [2H]C([2H])([2H])c1ccc2c(c1)c1ccc(Oc3[c-]c(-n4nc(C)c(-c5ccccc5)c4C)ccc3)[c-]c1n2-c1cc(C)ccn1.[Pt+2]. The molecule has 0 aliphatic heterocycles. The van der Waals surface area contributed by atoms with E-state index in [1.165, 1.54) is 0 Å². The molecule has 3 heterocycles. The Hall–Kier alpha value is -4.47. The second kappa shape index (κ2) is 11.1. The van der Waals surface area contributed by atoms with E-state index in [0.29, 0.717) is 17.3 Å². The number of pyridine rings is 1. The van der Waals surface area contributed by atoms with E-state index in [1.807, 2.05) is 89.8 Å².